The topological polar surface area (TPSA) is 102 Å². The smallest absolute Gasteiger partial charge is 0.251 e. The van der Waals surface area contributed by atoms with Crippen molar-refractivity contribution in [3.63, 3.8) is 0 Å². The average Bonchev–Trinajstić information content (AvgIpc) is 2.63. The Bertz CT molecular complexity index is 755. The number of amides is 1. The summed E-state index contributed by atoms with van der Waals surface area (Å²) in [5, 5.41) is 18.1. The Kier molecular flexibility index (Phi) is 7.22. The van der Waals surface area contributed by atoms with E-state index >= 15 is 0 Å². The zero-order valence-corrected chi connectivity index (χ0v) is 14.1. The first-order valence-electron chi connectivity index (χ1n) is 7.60. The molecular weight excluding hydrogens is 340 g/mol. The van der Waals surface area contributed by atoms with Crippen LogP contribution in [-0.2, 0) is 0 Å². The van der Waals surface area contributed by atoms with Gasteiger partial charge in [0.15, 0.2) is 0 Å². The van der Waals surface area contributed by atoms with Crippen LogP contribution in [0.4, 0.5) is 5.69 Å². The van der Waals surface area contributed by atoms with Crippen LogP contribution in [0.5, 0.6) is 0 Å². The minimum absolute atomic E-state index is 0.156. The molecular formula is C17H17ClN6O. The van der Waals surface area contributed by atoms with Gasteiger partial charge in [-0.15, -0.1) is 4.99 Å². The van der Waals surface area contributed by atoms with Crippen LogP contribution in [0.25, 0.3) is 0 Å². The summed E-state index contributed by atoms with van der Waals surface area (Å²) >= 11 is 5.79. The zero-order valence-electron chi connectivity index (χ0n) is 13.4. The van der Waals surface area contributed by atoms with E-state index in [0.29, 0.717) is 36.1 Å². The summed E-state index contributed by atoms with van der Waals surface area (Å²) in [5.74, 6) is 0.176. The molecule has 0 radical (unpaired) electrons. The van der Waals surface area contributed by atoms with Gasteiger partial charge in [-0.1, -0.05) is 11.6 Å². The molecule has 0 fully saturated rings. The maximum Gasteiger partial charge on any atom is 0.251 e. The predicted octanol–water partition coefficient (Wildman–Crippen LogP) is 2.39. The summed E-state index contributed by atoms with van der Waals surface area (Å²) in [5.41, 5.74) is 1.28. The monoisotopic (exact) mass is 356 g/mol. The summed E-state index contributed by atoms with van der Waals surface area (Å²) in [7, 11) is 0. The second-order valence-corrected chi connectivity index (χ2v) is 5.41. The largest absolute Gasteiger partial charge is 0.355 e. The Morgan fingerprint density at radius 2 is 1.96 bits per heavy atom. The molecule has 1 aromatic heterocycles. The van der Waals surface area contributed by atoms with Gasteiger partial charge in [0, 0.05) is 29.9 Å². The number of rotatable bonds is 6. The van der Waals surface area contributed by atoms with Crippen LogP contribution in [0, 0.1) is 11.5 Å². The van der Waals surface area contributed by atoms with Crippen LogP contribution in [0.15, 0.2) is 53.8 Å². The Balaban J connectivity index is 1.72. The average molecular weight is 357 g/mol. The van der Waals surface area contributed by atoms with Crippen molar-refractivity contribution in [2.75, 3.05) is 18.4 Å². The standard InChI is InChI=1S/C17H17ClN6O/c18-14-6-4-13(5-7-14)16(25)21-9-2-10-22-17(23-12-19)24-15-3-1-8-20-11-15/h1,3-8,11H,2,9-10H2,(H,21,25)(H2,22,23,24). The number of aliphatic imine (C=N–C) groups is 1. The summed E-state index contributed by atoms with van der Waals surface area (Å²) in [6.45, 7) is 1.02. The molecule has 7 nitrogen and oxygen atoms in total. The number of aromatic nitrogens is 1. The number of nitrogens with one attached hydrogen (secondary N) is 3. The second-order valence-electron chi connectivity index (χ2n) is 4.97. The number of benzene rings is 1. The van der Waals surface area contributed by atoms with E-state index in [9.17, 15) is 4.79 Å². The number of nitriles is 1. The van der Waals surface area contributed by atoms with E-state index in [0.717, 1.165) is 5.69 Å². The van der Waals surface area contributed by atoms with Gasteiger partial charge in [-0.25, -0.2) is 0 Å². The van der Waals surface area contributed by atoms with Crippen LogP contribution in [0.1, 0.15) is 16.8 Å². The van der Waals surface area contributed by atoms with Gasteiger partial charge in [-0.2, -0.15) is 5.26 Å². The maximum atomic E-state index is 11.9. The lowest BCUT2D eigenvalue weighted by Crippen LogP contribution is -2.33. The van der Waals surface area contributed by atoms with E-state index in [1.54, 1.807) is 48.9 Å². The molecule has 1 aromatic carbocycles. The minimum atomic E-state index is -0.156. The first-order chi connectivity index (χ1) is 12.2. The van der Waals surface area contributed by atoms with Crippen molar-refractivity contribution < 1.29 is 4.79 Å². The van der Waals surface area contributed by atoms with Gasteiger partial charge in [0.1, 0.15) is 0 Å². The number of anilines is 1. The molecule has 0 aliphatic carbocycles. The molecule has 0 spiro atoms. The van der Waals surface area contributed by atoms with Crippen LogP contribution in [0.2, 0.25) is 5.02 Å². The fourth-order valence-corrected chi connectivity index (χ4v) is 2.06. The number of carbonyl (C=O) groups is 1. The van der Waals surface area contributed by atoms with E-state index in [-0.39, 0.29) is 5.91 Å². The quantitative estimate of drug-likeness (QED) is 0.319. The van der Waals surface area contributed by atoms with Crippen molar-refractivity contribution in [3.8, 4) is 6.19 Å². The fourth-order valence-electron chi connectivity index (χ4n) is 1.94. The Morgan fingerprint density at radius 3 is 2.64 bits per heavy atom. The first-order valence-corrected chi connectivity index (χ1v) is 7.98. The Labute approximate surface area is 150 Å². The fraction of sp³-hybridized carbons (Fsp3) is 0.176. The molecule has 25 heavy (non-hydrogen) atoms. The number of carbonyl (C=O) groups excluding carboxylic acids is 1. The molecule has 128 valence electrons. The summed E-state index contributed by atoms with van der Waals surface area (Å²) < 4.78 is 0. The van der Waals surface area contributed by atoms with Gasteiger partial charge in [0.05, 0.1) is 11.9 Å². The number of hydrogen-bond acceptors (Lipinski definition) is 4. The molecule has 3 N–H and O–H groups in total. The first kappa shape index (κ1) is 18.2. The minimum Gasteiger partial charge on any atom is -0.355 e. The lowest BCUT2D eigenvalue weighted by molar-refractivity contribution is 0.0953. The normalized spacial score (nSPS) is 10.6. The van der Waals surface area contributed by atoms with Crippen molar-refractivity contribution in [2.24, 2.45) is 4.99 Å². The van der Waals surface area contributed by atoms with E-state index in [2.05, 4.69) is 25.9 Å². The van der Waals surface area contributed by atoms with Gasteiger partial charge >= 0.3 is 0 Å². The molecule has 1 amide bonds. The van der Waals surface area contributed by atoms with Gasteiger partial charge in [0.2, 0.25) is 12.2 Å². The van der Waals surface area contributed by atoms with Crippen molar-refractivity contribution in [3.05, 3.63) is 59.4 Å². The van der Waals surface area contributed by atoms with Crippen molar-refractivity contribution in [2.45, 2.75) is 6.42 Å². The van der Waals surface area contributed by atoms with E-state index in [1.807, 2.05) is 6.07 Å². The number of nitrogens with zero attached hydrogens (tertiary/aromatic N) is 3. The SMILES string of the molecule is N#CN=C(NCCCNC(=O)c1ccc(Cl)cc1)Nc1cccnc1. The molecule has 0 aliphatic rings. The van der Waals surface area contributed by atoms with E-state index in [1.165, 1.54) is 0 Å². The number of pyridine rings is 1. The second kappa shape index (κ2) is 9.90. The molecule has 8 heteroatoms. The third-order valence-electron chi connectivity index (χ3n) is 3.12. The van der Waals surface area contributed by atoms with Crippen LogP contribution < -0.4 is 16.0 Å². The highest BCUT2D eigenvalue weighted by Gasteiger charge is 2.04. The number of halogens is 1. The molecule has 0 saturated carbocycles. The highest BCUT2D eigenvalue weighted by atomic mass is 35.5. The highest BCUT2D eigenvalue weighted by molar-refractivity contribution is 6.30. The van der Waals surface area contributed by atoms with E-state index < -0.39 is 0 Å². The van der Waals surface area contributed by atoms with Crippen LogP contribution >= 0.6 is 11.6 Å². The van der Waals surface area contributed by atoms with Crippen molar-refractivity contribution >= 4 is 29.2 Å². The molecule has 2 aromatic rings. The maximum absolute atomic E-state index is 11.9. The van der Waals surface area contributed by atoms with Crippen LogP contribution in [0.3, 0.4) is 0 Å². The molecule has 0 bridgehead atoms. The molecule has 0 aliphatic heterocycles. The number of guanidine groups is 1. The molecule has 0 unspecified atom stereocenters. The predicted molar refractivity (Wildman–Crippen MR) is 97.3 cm³/mol. The summed E-state index contributed by atoms with van der Waals surface area (Å²) in [6, 6.07) is 10.3. The summed E-state index contributed by atoms with van der Waals surface area (Å²) in [4.78, 5) is 19.6. The zero-order chi connectivity index (χ0) is 17.9. The van der Waals surface area contributed by atoms with Crippen molar-refractivity contribution in [1.29, 1.82) is 5.26 Å². The lowest BCUT2D eigenvalue weighted by atomic mass is 10.2. The van der Waals surface area contributed by atoms with Gasteiger partial charge in [-0.3, -0.25) is 9.78 Å². The molecule has 1 heterocycles. The highest BCUT2D eigenvalue weighted by Crippen LogP contribution is 2.09. The molecule has 0 atom stereocenters. The van der Waals surface area contributed by atoms with Gasteiger partial charge < -0.3 is 16.0 Å². The van der Waals surface area contributed by atoms with E-state index in [4.69, 9.17) is 16.9 Å². The summed E-state index contributed by atoms with van der Waals surface area (Å²) in [6.07, 6.45) is 5.68. The third-order valence-corrected chi connectivity index (χ3v) is 3.38. The van der Waals surface area contributed by atoms with Crippen molar-refractivity contribution in [1.82, 2.24) is 15.6 Å². The molecule has 2 rings (SSSR count). The Hall–Kier alpha value is -3.11. The van der Waals surface area contributed by atoms with Crippen LogP contribution in [-0.4, -0.2) is 29.9 Å². The Morgan fingerprint density at radius 1 is 1.20 bits per heavy atom. The van der Waals surface area contributed by atoms with Gasteiger partial charge in [0.25, 0.3) is 5.91 Å². The van der Waals surface area contributed by atoms with Gasteiger partial charge in [-0.05, 0) is 42.8 Å². The third kappa shape index (κ3) is 6.49. The molecule has 0 saturated heterocycles. The number of hydrogen-bond donors (Lipinski definition) is 3. The lowest BCUT2D eigenvalue weighted by Gasteiger charge is -2.11.